The first kappa shape index (κ1) is 18.8. The second kappa shape index (κ2) is 7.91. The van der Waals surface area contributed by atoms with E-state index in [1.54, 1.807) is 19.2 Å². The number of ether oxygens (including phenoxy) is 1. The fraction of sp³-hybridized carbons (Fsp3) is 0.0800. The monoisotopic (exact) mass is 408 g/mol. The molecule has 0 saturated carbocycles. The van der Waals surface area contributed by atoms with Crippen LogP contribution in [0.25, 0.3) is 33.7 Å². The molecule has 0 aliphatic rings. The van der Waals surface area contributed by atoms with E-state index in [0.717, 1.165) is 33.7 Å². The van der Waals surface area contributed by atoms with E-state index in [2.05, 4.69) is 26.6 Å². The summed E-state index contributed by atoms with van der Waals surface area (Å²) < 4.78 is 9.01. The minimum absolute atomic E-state index is 0.314. The molecule has 0 aliphatic carbocycles. The van der Waals surface area contributed by atoms with Gasteiger partial charge in [-0.1, -0.05) is 24.3 Å². The smallest absolute Gasteiger partial charge is 0.338 e. The summed E-state index contributed by atoms with van der Waals surface area (Å²) in [6, 6.07) is 21.6. The van der Waals surface area contributed by atoms with Crippen molar-refractivity contribution in [3.8, 4) is 28.1 Å². The van der Waals surface area contributed by atoms with Crippen molar-refractivity contribution in [1.82, 2.24) is 19.2 Å². The SMILES string of the molecule is CCOC(=O)c1cccc(-c2ccn3c(-c4cccc(-n5cccn5)c4)cnc3c2)c1. The molecule has 0 N–H and O–H groups in total. The lowest BCUT2D eigenvalue weighted by atomic mass is 10.0. The van der Waals surface area contributed by atoms with E-state index in [-0.39, 0.29) is 5.97 Å². The lowest BCUT2D eigenvalue weighted by Gasteiger charge is -2.08. The van der Waals surface area contributed by atoms with Gasteiger partial charge in [-0.2, -0.15) is 5.10 Å². The predicted molar refractivity (Wildman–Crippen MR) is 119 cm³/mol. The zero-order valence-electron chi connectivity index (χ0n) is 17.0. The second-order valence-corrected chi connectivity index (χ2v) is 7.09. The first-order chi connectivity index (χ1) is 15.2. The average molecular weight is 408 g/mol. The highest BCUT2D eigenvalue weighted by molar-refractivity contribution is 5.91. The third-order valence-electron chi connectivity index (χ3n) is 5.13. The standard InChI is InChI=1S/C25H20N4O2/c1-2-31-25(30)21-8-3-6-18(14-21)19-10-13-28-23(17-26-24(28)16-19)20-7-4-9-22(15-20)29-12-5-11-27-29/h3-17H,2H2,1H3. The molecule has 0 saturated heterocycles. The summed E-state index contributed by atoms with van der Waals surface area (Å²) in [5.74, 6) is -0.314. The van der Waals surface area contributed by atoms with Crippen LogP contribution in [0.3, 0.4) is 0 Å². The number of esters is 1. The van der Waals surface area contributed by atoms with Gasteiger partial charge in [0.25, 0.3) is 0 Å². The van der Waals surface area contributed by atoms with E-state index in [9.17, 15) is 4.79 Å². The Kier molecular flexibility index (Phi) is 4.80. The van der Waals surface area contributed by atoms with Crippen LogP contribution in [-0.2, 0) is 4.74 Å². The Morgan fingerprint density at radius 1 is 0.935 bits per heavy atom. The van der Waals surface area contributed by atoms with Crippen LogP contribution in [-0.4, -0.2) is 31.7 Å². The first-order valence-corrected chi connectivity index (χ1v) is 10.1. The van der Waals surface area contributed by atoms with Crippen molar-refractivity contribution < 1.29 is 9.53 Å². The molecular formula is C25H20N4O2. The Morgan fingerprint density at radius 3 is 2.61 bits per heavy atom. The molecular weight excluding hydrogens is 388 g/mol. The summed E-state index contributed by atoms with van der Waals surface area (Å²) >= 11 is 0. The molecule has 5 rings (SSSR count). The Morgan fingerprint density at radius 2 is 1.77 bits per heavy atom. The van der Waals surface area contributed by atoms with Crippen LogP contribution in [0.5, 0.6) is 0 Å². The number of nitrogens with zero attached hydrogens (tertiary/aromatic N) is 4. The fourth-order valence-electron chi connectivity index (χ4n) is 3.64. The second-order valence-electron chi connectivity index (χ2n) is 7.09. The molecule has 6 heteroatoms. The van der Waals surface area contributed by atoms with Gasteiger partial charge in [-0.05, 0) is 60.5 Å². The van der Waals surface area contributed by atoms with Gasteiger partial charge in [0.15, 0.2) is 0 Å². The van der Waals surface area contributed by atoms with E-state index in [0.29, 0.717) is 12.2 Å². The Hall–Kier alpha value is -4.19. The van der Waals surface area contributed by atoms with Gasteiger partial charge in [-0.15, -0.1) is 0 Å². The Balaban J connectivity index is 1.51. The van der Waals surface area contributed by atoms with Gasteiger partial charge in [0.05, 0.1) is 29.7 Å². The van der Waals surface area contributed by atoms with Gasteiger partial charge < -0.3 is 4.74 Å². The zero-order valence-corrected chi connectivity index (χ0v) is 17.0. The van der Waals surface area contributed by atoms with Crippen LogP contribution >= 0.6 is 0 Å². The van der Waals surface area contributed by atoms with Crippen LogP contribution in [0.15, 0.2) is 91.5 Å². The summed E-state index contributed by atoms with van der Waals surface area (Å²) in [7, 11) is 0. The Bertz CT molecular complexity index is 1370. The van der Waals surface area contributed by atoms with E-state index in [1.165, 1.54) is 0 Å². The third kappa shape index (κ3) is 3.59. The van der Waals surface area contributed by atoms with E-state index >= 15 is 0 Å². The minimum Gasteiger partial charge on any atom is -0.462 e. The van der Waals surface area contributed by atoms with E-state index < -0.39 is 0 Å². The molecule has 0 unspecified atom stereocenters. The van der Waals surface area contributed by atoms with E-state index in [1.807, 2.05) is 71.8 Å². The molecule has 0 atom stereocenters. The number of benzene rings is 2. The molecule has 3 heterocycles. The van der Waals surface area contributed by atoms with Crippen LogP contribution in [0, 0.1) is 0 Å². The fourth-order valence-corrected chi connectivity index (χ4v) is 3.64. The number of pyridine rings is 1. The zero-order chi connectivity index (χ0) is 21.2. The number of aromatic nitrogens is 4. The summed E-state index contributed by atoms with van der Waals surface area (Å²) in [5.41, 5.74) is 6.34. The lowest BCUT2D eigenvalue weighted by Crippen LogP contribution is -2.04. The molecule has 0 radical (unpaired) electrons. The number of hydrogen-bond acceptors (Lipinski definition) is 4. The molecule has 152 valence electrons. The first-order valence-electron chi connectivity index (χ1n) is 10.1. The molecule has 0 amide bonds. The number of fused-ring (bicyclic) bond motifs is 1. The molecule has 5 aromatic rings. The van der Waals surface area contributed by atoms with Gasteiger partial charge in [0.2, 0.25) is 0 Å². The number of imidazole rings is 1. The van der Waals surface area contributed by atoms with Crippen molar-refractivity contribution in [3.05, 3.63) is 97.1 Å². The molecule has 6 nitrogen and oxygen atoms in total. The molecule has 3 aromatic heterocycles. The summed E-state index contributed by atoms with van der Waals surface area (Å²) in [5, 5.41) is 4.31. The highest BCUT2D eigenvalue weighted by Crippen LogP contribution is 2.27. The van der Waals surface area contributed by atoms with Crippen LogP contribution in [0.1, 0.15) is 17.3 Å². The summed E-state index contributed by atoms with van der Waals surface area (Å²) in [4.78, 5) is 16.7. The van der Waals surface area contributed by atoms with Gasteiger partial charge in [-0.3, -0.25) is 4.40 Å². The largest absolute Gasteiger partial charge is 0.462 e. The number of carbonyl (C=O) groups is 1. The van der Waals surface area contributed by atoms with Gasteiger partial charge >= 0.3 is 5.97 Å². The molecule has 0 aliphatic heterocycles. The van der Waals surface area contributed by atoms with Crippen molar-refractivity contribution in [3.63, 3.8) is 0 Å². The van der Waals surface area contributed by atoms with Gasteiger partial charge in [-0.25, -0.2) is 14.5 Å². The van der Waals surface area contributed by atoms with Crippen molar-refractivity contribution in [1.29, 1.82) is 0 Å². The quantitative estimate of drug-likeness (QED) is 0.383. The topological polar surface area (TPSA) is 61.4 Å². The molecule has 2 aromatic carbocycles. The van der Waals surface area contributed by atoms with Crippen LogP contribution in [0.2, 0.25) is 0 Å². The maximum absolute atomic E-state index is 12.1. The molecule has 31 heavy (non-hydrogen) atoms. The minimum atomic E-state index is -0.314. The maximum Gasteiger partial charge on any atom is 0.338 e. The van der Waals surface area contributed by atoms with Gasteiger partial charge in [0.1, 0.15) is 5.65 Å². The lowest BCUT2D eigenvalue weighted by molar-refractivity contribution is 0.0526. The van der Waals surface area contributed by atoms with E-state index in [4.69, 9.17) is 4.74 Å². The van der Waals surface area contributed by atoms with Crippen molar-refractivity contribution in [2.24, 2.45) is 0 Å². The van der Waals surface area contributed by atoms with Crippen molar-refractivity contribution in [2.75, 3.05) is 6.61 Å². The third-order valence-corrected chi connectivity index (χ3v) is 5.13. The average Bonchev–Trinajstić information content (AvgIpc) is 3.49. The summed E-state index contributed by atoms with van der Waals surface area (Å²) in [6.07, 6.45) is 7.56. The maximum atomic E-state index is 12.1. The van der Waals surface area contributed by atoms with Gasteiger partial charge in [0, 0.05) is 24.2 Å². The number of carbonyl (C=O) groups excluding carboxylic acids is 1. The molecule has 0 bridgehead atoms. The number of rotatable bonds is 5. The Labute approximate surface area is 179 Å². The molecule has 0 fully saturated rings. The number of hydrogen-bond donors (Lipinski definition) is 0. The highest BCUT2D eigenvalue weighted by atomic mass is 16.5. The van der Waals surface area contributed by atoms with Crippen molar-refractivity contribution in [2.45, 2.75) is 6.92 Å². The van der Waals surface area contributed by atoms with Crippen LogP contribution < -0.4 is 0 Å². The summed E-state index contributed by atoms with van der Waals surface area (Å²) in [6.45, 7) is 2.16. The predicted octanol–water partition coefficient (Wildman–Crippen LogP) is 5.03. The van der Waals surface area contributed by atoms with Crippen LogP contribution in [0.4, 0.5) is 0 Å². The molecule has 0 spiro atoms. The normalized spacial score (nSPS) is 11.0. The highest BCUT2D eigenvalue weighted by Gasteiger charge is 2.11. The van der Waals surface area contributed by atoms with Crippen molar-refractivity contribution >= 4 is 11.6 Å².